The standard InChI is InChI=1S/C23H18Cl2N2O2/c1-15(17-10-6-3-7-11-17)27-22(28)21-19(25)12-18(24)13-20(21)26(23(27)29)14-16-8-4-2-5-9-16/h2-13,15H,14H2,1H3/t15-/m0/s1. The number of hydrogen-bond donors (Lipinski definition) is 0. The van der Waals surface area contributed by atoms with Crippen LogP contribution < -0.4 is 11.2 Å². The molecule has 0 saturated heterocycles. The lowest BCUT2D eigenvalue weighted by Gasteiger charge is -2.20. The van der Waals surface area contributed by atoms with E-state index >= 15 is 0 Å². The summed E-state index contributed by atoms with van der Waals surface area (Å²) in [6.07, 6.45) is 0. The molecule has 6 heteroatoms. The normalized spacial score (nSPS) is 12.2. The van der Waals surface area contributed by atoms with Gasteiger partial charge in [-0.25, -0.2) is 4.79 Å². The van der Waals surface area contributed by atoms with Crippen LogP contribution >= 0.6 is 23.2 Å². The molecule has 1 atom stereocenters. The maximum atomic E-state index is 13.5. The summed E-state index contributed by atoms with van der Waals surface area (Å²) in [6, 6.07) is 21.7. The topological polar surface area (TPSA) is 44.0 Å². The van der Waals surface area contributed by atoms with Crippen molar-refractivity contribution < 1.29 is 0 Å². The first kappa shape index (κ1) is 19.5. The van der Waals surface area contributed by atoms with Crippen molar-refractivity contribution in [3.05, 3.63) is 115 Å². The second-order valence-corrected chi connectivity index (χ2v) is 7.74. The lowest BCUT2D eigenvalue weighted by Crippen LogP contribution is -2.42. The van der Waals surface area contributed by atoms with E-state index in [1.165, 1.54) is 10.6 Å². The number of nitrogens with zero attached hydrogens (tertiary/aromatic N) is 2. The van der Waals surface area contributed by atoms with E-state index in [1.807, 2.05) is 67.6 Å². The van der Waals surface area contributed by atoms with Crippen LogP contribution in [0.15, 0.2) is 82.4 Å². The third-order valence-electron chi connectivity index (χ3n) is 5.05. The van der Waals surface area contributed by atoms with Gasteiger partial charge in [0.2, 0.25) is 0 Å². The molecule has 0 fully saturated rings. The molecule has 1 heterocycles. The third-order valence-corrected chi connectivity index (χ3v) is 5.56. The van der Waals surface area contributed by atoms with Crippen LogP contribution in [0.5, 0.6) is 0 Å². The highest BCUT2D eigenvalue weighted by molar-refractivity contribution is 6.38. The molecular formula is C23H18Cl2N2O2. The molecule has 0 aliphatic heterocycles. The summed E-state index contributed by atoms with van der Waals surface area (Å²) in [7, 11) is 0. The van der Waals surface area contributed by atoms with Gasteiger partial charge in [-0.3, -0.25) is 13.9 Å². The molecular weight excluding hydrogens is 407 g/mol. The Labute approximate surface area is 177 Å². The second-order valence-electron chi connectivity index (χ2n) is 6.90. The van der Waals surface area contributed by atoms with Crippen LogP contribution in [-0.2, 0) is 6.54 Å². The first-order valence-corrected chi connectivity index (χ1v) is 9.96. The van der Waals surface area contributed by atoms with Crippen LogP contribution in [-0.4, -0.2) is 9.13 Å². The molecule has 0 aliphatic rings. The Morgan fingerprint density at radius 2 is 1.52 bits per heavy atom. The minimum absolute atomic E-state index is 0.230. The summed E-state index contributed by atoms with van der Waals surface area (Å²) in [4.78, 5) is 26.8. The third kappa shape index (κ3) is 3.61. The predicted octanol–water partition coefficient (Wildman–Crippen LogP) is 5.13. The Kier molecular flexibility index (Phi) is 5.31. The van der Waals surface area contributed by atoms with Crippen LogP contribution in [0.3, 0.4) is 0 Å². The number of aromatic nitrogens is 2. The Hall–Kier alpha value is -2.82. The molecule has 1 aromatic heterocycles. The Morgan fingerprint density at radius 1 is 0.897 bits per heavy atom. The van der Waals surface area contributed by atoms with E-state index in [-0.39, 0.29) is 10.4 Å². The van der Waals surface area contributed by atoms with Crippen molar-refractivity contribution in [3.8, 4) is 0 Å². The Morgan fingerprint density at radius 3 is 2.17 bits per heavy atom. The maximum absolute atomic E-state index is 13.5. The average molecular weight is 425 g/mol. The zero-order chi connectivity index (χ0) is 20.5. The van der Waals surface area contributed by atoms with Crippen LogP contribution in [0.1, 0.15) is 24.1 Å². The molecule has 0 radical (unpaired) electrons. The first-order chi connectivity index (χ1) is 14.0. The Bertz CT molecular complexity index is 1300. The molecule has 4 aromatic rings. The molecule has 3 aromatic carbocycles. The highest BCUT2D eigenvalue weighted by Crippen LogP contribution is 2.26. The van der Waals surface area contributed by atoms with Crippen molar-refractivity contribution in [1.29, 1.82) is 0 Å². The summed E-state index contributed by atoms with van der Waals surface area (Å²) in [5.41, 5.74) is 1.40. The van der Waals surface area contributed by atoms with Gasteiger partial charge in [-0.05, 0) is 30.2 Å². The van der Waals surface area contributed by atoms with Gasteiger partial charge in [0.05, 0.1) is 28.5 Å². The van der Waals surface area contributed by atoms with E-state index in [9.17, 15) is 9.59 Å². The minimum atomic E-state index is -0.450. The summed E-state index contributed by atoms with van der Waals surface area (Å²) < 4.78 is 2.82. The van der Waals surface area contributed by atoms with E-state index in [1.54, 1.807) is 10.6 Å². The monoisotopic (exact) mass is 424 g/mol. The van der Waals surface area contributed by atoms with E-state index < -0.39 is 17.3 Å². The second kappa shape index (κ2) is 7.90. The molecule has 0 amide bonds. The molecule has 0 aliphatic carbocycles. The van der Waals surface area contributed by atoms with Gasteiger partial charge in [0.25, 0.3) is 5.56 Å². The van der Waals surface area contributed by atoms with Crippen molar-refractivity contribution in [2.45, 2.75) is 19.5 Å². The van der Waals surface area contributed by atoms with Gasteiger partial charge < -0.3 is 0 Å². The number of hydrogen-bond acceptors (Lipinski definition) is 2. The molecule has 0 spiro atoms. The number of benzene rings is 3. The Balaban J connectivity index is 2.05. The fourth-order valence-electron chi connectivity index (χ4n) is 3.57. The average Bonchev–Trinajstić information content (AvgIpc) is 2.72. The van der Waals surface area contributed by atoms with Crippen LogP contribution in [0.2, 0.25) is 10.0 Å². The van der Waals surface area contributed by atoms with Gasteiger partial charge in [-0.1, -0.05) is 83.9 Å². The molecule has 4 rings (SSSR count). The summed E-state index contributed by atoms with van der Waals surface area (Å²) in [6.45, 7) is 2.13. The van der Waals surface area contributed by atoms with Crippen molar-refractivity contribution in [3.63, 3.8) is 0 Å². The quantitative estimate of drug-likeness (QED) is 0.455. The molecule has 146 valence electrons. The van der Waals surface area contributed by atoms with E-state index in [0.717, 1.165) is 11.1 Å². The van der Waals surface area contributed by atoms with Gasteiger partial charge in [-0.2, -0.15) is 0 Å². The van der Waals surface area contributed by atoms with Gasteiger partial charge >= 0.3 is 5.69 Å². The highest BCUT2D eigenvalue weighted by Gasteiger charge is 2.21. The van der Waals surface area contributed by atoms with Crippen LogP contribution in [0, 0.1) is 0 Å². The lowest BCUT2D eigenvalue weighted by atomic mass is 10.1. The zero-order valence-corrected chi connectivity index (χ0v) is 17.2. The number of halogens is 2. The van der Waals surface area contributed by atoms with Gasteiger partial charge in [0.15, 0.2) is 0 Å². The van der Waals surface area contributed by atoms with Crippen molar-refractivity contribution in [2.75, 3.05) is 0 Å². The van der Waals surface area contributed by atoms with Crippen LogP contribution in [0.4, 0.5) is 0 Å². The van der Waals surface area contributed by atoms with Gasteiger partial charge in [0.1, 0.15) is 0 Å². The fraction of sp³-hybridized carbons (Fsp3) is 0.130. The highest BCUT2D eigenvalue weighted by atomic mass is 35.5. The summed E-state index contributed by atoms with van der Waals surface area (Å²) in [5.74, 6) is 0. The van der Waals surface area contributed by atoms with Gasteiger partial charge in [-0.15, -0.1) is 0 Å². The largest absolute Gasteiger partial charge is 0.332 e. The van der Waals surface area contributed by atoms with Gasteiger partial charge in [0, 0.05) is 5.02 Å². The number of fused-ring (bicyclic) bond motifs is 1. The zero-order valence-electron chi connectivity index (χ0n) is 15.7. The molecule has 0 bridgehead atoms. The van der Waals surface area contributed by atoms with E-state index in [2.05, 4.69) is 0 Å². The predicted molar refractivity (Wildman–Crippen MR) is 118 cm³/mol. The smallest absolute Gasteiger partial charge is 0.289 e. The SMILES string of the molecule is C[C@@H](c1ccccc1)n1c(=O)c2c(Cl)cc(Cl)cc2n(Cc2ccccc2)c1=O. The summed E-state index contributed by atoms with van der Waals surface area (Å²) in [5, 5.41) is 0.889. The molecule has 0 saturated carbocycles. The maximum Gasteiger partial charge on any atom is 0.332 e. The minimum Gasteiger partial charge on any atom is -0.289 e. The van der Waals surface area contributed by atoms with Crippen molar-refractivity contribution in [1.82, 2.24) is 9.13 Å². The van der Waals surface area contributed by atoms with E-state index in [0.29, 0.717) is 17.1 Å². The molecule has 0 unspecified atom stereocenters. The van der Waals surface area contributed by atoms with E-state index in [4.69, 9.17) is 23.2 Å². The number of rotatable bonds is 4. The molecule has 29 heavy (non-hydrogen) atoms. The lowest BCUT2D eigenvalue weighted by molar-refractivity contribution is 0.550. The van der Waals surface area contributed by atoms with Crippen molar-refractivity contribution >= 4 is 34.1 Å². The fourth-order valence-corrected chi connectivity index (χ4v) is 4.13. The molecule has 0 N–H and O–H groups in total. The summed E-state index contributed by atoms with van der Waals surface area (Å²) >= 11 is 12.6. The van der Waals surface area contributed by atoms with Crippen molar-refractivity contribution in [2.24, 2.45) is 0 Å². The van der Waals surface area contributed by atoms with Crippen LogP contribution in [0.25, 0.3) is 10.9 Å². The molecule has 4 nitrogen and oxygen atoms in total. The first-order valence-electron chi connectivity index (χ1n) is 9.20.